The van der Waals surface area contributed by atoms with Crippen LogP contribution in [0.5, 0.6) is 0 Å². The molecule has 19 heavy (non-hydrogen) atoms. The van der Waals surface area contributed by atoms with Crippen LogP contribution in [0.25, 0.3) is 0 Å². The van der Waals surface area contributed by atoms with E-state index in [1.165, 1.54) is 12.8 Å². The van der Waals surface area contributed by atoms with Crippen molar-refractivity contribution in [3.63, 3.8) is 0 Å². The molecule has 2 unspecified atom stereocenters. The number of nitrogens with zero attached hydrogens (tertiary/aromatic N) is 1. The van der Waals surface area contributed by atoms with Crippen LogP contribution in [0.2, 0.25) is 0 Å². The lowest BCUT2D eigenvalue weighted by molar-refractivity contribution is 0.0557. The molecular weight excluding hydrogens is 256 g/mol. The Morgan fingerprint density at radius 1 is 1.32 bits per heavy atom. The van der Waals surface area contributed by atoms with Gasteiger partial charge in [0, 0.05) is 53.5 Å². The molecule has 0 saturated carbocycles. The zero-order valence-corrected chi connectivity index (χ0v) is 14.2. The van der Waals surface area contributed by atoms with E-state index in [-0.39, 0.29) is 5.54 Å². The smallest absolute Gasteiger partial charge is 0.0362 e. The Morgan fingerprint density at radius 2 is 1.95 bits per heavy atom. The van der Waals surface area contributed by atoms with Crippen LogP contribution >= 0.6 is 0 Å². The number of piperazine rings is 1. The van der Waals surface area contributed by atoms with E-state index in [0.29, 0.717) is 12.0 Å². The Bertz CT molecular complexity index is 290. The van der Waals surface area contributed by atoms with E-state index in [0.717, 1.165) is 31.1 Å². The van der Waals surface area contributed by atoms with Gasteiger partial charge in [0.05, 0.1) is 0 Å². The molecule has 1 rings (SSSR count). The number of hydrogen-bond acceptors (Lipinski definition) is 3. The molecule has 0 aliphatic carbocycles. The second-order valence-corrected chi connectivity index (χ2v) is 7.95. The van der Waals surface area contributed by atoms with Crippen molar-refractivity contribution in [2.75, 3.05) is 31.1 Å². The van der Waals surface area contributed by atoms with Crippen LogP contribution in [0.1, 0.15) is 47.5 Å². The van der Waals surface area contributed by atoms with Gasteiger partial charge in [-0.25, -0.2) is 0 Å². The molecule has 0 aromatic rings. The largest absolute Gasteiger partial charge is 0.308 e. The standard InChI is InChI=1S/C15H32N2OS/c1-6-15(7-2)12-17(9-10-19(18)8-3)14(11-16-15)13(4)5/h13-14,16H,6-12H2,1-5H3. The van der Waals surface area contributed by atoms with Crippen molar-refractivity contribution in [1.29, 1.82) is 0 Å². The number of hydrogen-bond donors (Lipinski definition) is 1. The zero-order valence-electron chi connectivity index (χ0n) is 13.4. The van der Waals surface area contributed by atoms with Gasteiger partial charge in [-0.3, -0.25) is 9.11 Å². The molecule has 0 spiro atoms. The van der Waals surface area contributed by atoms with E-state index < -0.39 is 10.8 Å². The molecule has 0 radical (unpaired) electrons. The third-order valence-corrected chi connectivity index (χ3v) is 5.99. The van der Waals surface area contributed by atoms with E-state index in [1.54, 1.807) is 0 Å². The average molecular weight is 289 g/mol. The van der Waals surface area contributed by atoms with Gasteiger partial charge in [0.25, 0.3) is 0 Å². The second kappa shape index (κ2) is 7.75. The molecule has 1 heterocycles. The van der Waals surface area contributed by atoms with Gasteiger partial charge in [0.2, 0.25) is 0 Å². The maximum atomic E-state index is 11.7. The summed E-state index contributed by atoms with van der Waals surface area (Å²) in [7, 11) is -0.648. The van der Waals surface area contributed by atoms with Crippen molar-refractivity contribution >= 4 is 10.8 Å². The van der Waals surface area contributed by atoms with E-state index in [4.69, 9.17) is 0 Å². The fourth-order valence-corrected chi connectivity index (χ4v) is 3.73. The van der Waals surface area contributed by atoms with Crippen molar-refractivity contribution in [3.8, 4) is 0 Å². The Morgan fingerprint density at radius 3 is 2.42 bits per heavy atom. The van der Waals surface area contributed by atoms with Crippen LogP contribution in [0.15, 0.2) is 0 Å². The first-order valence-corrected chi connectivity index (χ1v) is 9.30. The minimum atomic E-state index is -0.648. The highest BCUT2D eigenvalue weighted by Crippen LogP contribution is 2.25. The van der Waals surface area contributed by atoms with Crippen LogP contribution in [0, 0.1) is 5.92 Å². The summed E-state index contributed by atoms with van der Waals surface area (Å²) in [5.74, 6) is 2.25. The molecule has 2 atom stereocenters. The molecule has 3 nitrogen and oxygen atoms in total. The molecule has 1 aliphatic heterocycles. The Labute approximate surface area is 122 Å². The Hall–Kier alpha value is 0.0700. The van der Waals surface area contributed by atoms with Crippen LogP contribution in [-0.2, 0) is 10.8 Å². The van der Waals surface area contributed by atoms with Crippen LogP contribution < -0.4 is 5.32 Å². The molecule has 1 fully saturated rings. The monoisotopic (exact) mass is 288 g/mol. The molecule has 1 aliphatic rings. The third kappa shape index (κ3) is 4.54. The predicted molar refractivity (Wildman–Crippen MR) is 85.1 cm³/mol. The summed E-state index contributed by atoms with van der Waals surface area (Å²) in [5, 5.41) is 3.78. The molecule has 0 amide bonds. The molecule has 0 bridgehead atoms. The summed E-state index contributed by atoms with van der Waals surface area (Å²) in [6.45, 7) is 14.3. The fourth-order valence-electron chi connectivity index (χ4n) is 3.00. The topological polar surface area (TPSA) is 32.3 Å². The second-order valence-electron chi connectivity index (χ2n) is 6.08. The Kier molecular flexibility index (Phi) is 6.98. The lowest BCUT2D eigenvalue weighted by Gasteiger charge is -2.49. The highest BCUT2D eigenvalue weighted by Gasteiger charge is 2.37. The molecule has 0 aromatic heterocycles. The molecule has 4 heteroatoms. The molecule has 114 valence electrons. The van der Waals surface area contributed by atoms with Gasteiger partial charge in [-0.15, -0.1) is 0 Å². The summed E-state index contributed by atoms with van der Waals surface area (Å²) < 4.78 is 11.7. The van der Waals surface area contributed by atoms with Crippen molar-refractivity contribution in [2.24, 2.45) is 5.92 Å². The van der Waals surface area contributed by atoms with Crippen molar-refractivity contribution in [3.05, 3.63) is 0 Å². The van der Waals surface area contributed by atoms with Gasteiger partial charge in [0.1, 0.15) is 0 Å². The summed E-state index contributed by atoms with van der Waals surface area (Å²) in [5.41, 5.74) is 0.263. The van der Waals surface area contributed by atoms with Crippen LogP contribution in [0.3, 0.4) is 0 Å². The lowest BCUT2D eigenvalue weighted by atomic mass is 9.86. The molecule has 0 aromatic carbocycles. The van der Waals surface area contributed by atoms with E-state index in [1.807, 2.05) is 6.92 Å². The van der Waals surface area contributed by atoms with Crippen LogP contribution in [-0.4, -0.2) is 51.8 Å². The number of rotatable bonds is 7. The van der Waals surface area contributed by atoms with Gasteiger partial charge >= 0.3 is 0 Å². The molecule has 1 saturated heterocycles. The first-order valence-electron chi connectivity index (χ1n) is 7.82. The SMILES string of the molecule is CCS(=O)CCN1CC(CC)(CC)NCC1C(C)C. The normalized spacial score (nSPS) is 25.7. The van der Waals surface area contributed by atoms with Gasteiger partial charge in [0.15, 0.2) is 0 Å². The maximum absolute atomic E-state index is 11.7. The fraction of sp³-hybridized carbons (Fsp3) is 1.00. The summed E-state index contributed by atoms with van der Waals surface area (Å²) >= 11 is 0. The van der Waals surface area contributed by atoms with E-state index in [2.05, 4.69) is 37.9 Å². The van der Waals surface area contributed by atoms with E-state index >= 15 is 0 Å². The minimum absolute atomic E-state index is 0.263. The van der Waals surface area contributed by atoms with Gasteiger partial charge in [-0.2, -0.15) is 0 Å². The van der Waals surface area contributed by atoms with Gasteiger partial charge in [-0.05, 0) is 18.8 Å². The summed E-state index contributed by atoms with van der Waals surface area (Å²) in [4.78, 5) is 2.59. The minimum Gasteiger partial charge on any atom is -0.308 e. The van der Waals surface area contributed by atoms with Gasteiger partial charge in [-0.1, -0.05) is 34.6 Å². The van der Waals surface area contributed by atoms with Crippen molar-refractivity contribution in [1.82, 2.24) is 10.2 Å². The lowest BCUT2D eigenvalue weighted by Crippen LogP contribution is -2.65. The van der Waals surface area contributed by atoms with Crippen LogP contribution in [0.4, 0.5) is 0 Å². The summed E-state index contributed by atoms with van der Waals surface area (Å²) in [6.07, 6.45) is 2.34. The van der Waals surface area contributed by atoms with Crippen molar-refractivity contribution in [2.45, 2.75) is 59.0 Å². The molecule has 1 N–H and O–H groups in total. The first kappa shape index (κ1) is 17.1. The van der Waals surface area contributed by atoms with E-state index in [9.17, 15) is 4.21 Å². The Balaban J connectivity index is 2.70. The highest BCUT2D eigenvalue weighted by molar-refractivity contribution is 7.84. The first-order chi connectivity index (χ1) is 8.98. The van der Waals surface area contributed by atoms with Gasteiger partial charge < -0.3 is 5.32 Å². The number of nitrogens with one attached hydrogen (secondary N) is 1. The predicted octanol–water partition coefficient (Wildman–Crippen LogP) is 2.24. The quantitative estimate of drug-likeness (QED) is 0.780. The third-order valence-electron chi connectivity index (χ3n) is 4.71. The zero-order chi connectivity index (χ0) is 14.5. The maximum Gasteiger partial charge on any atom is 0.0362 e. The molecular formula is C15H32N2OS. The summed E-state index contributed by atoms with van der Waals surface area (Å²) in [6, 6.07) is 0.583. The van der Waals surface area contributed by atoms with Crippen molar-refractivity contribution < 1.29 is 4.21 Å². The highest BCUT2D eigenvalue weighted by atomic mass is 32.2. The average Bonchev–Trinajstić information content (AvgIpc) is 2.43.